The number of hydrogen-bond acceptors (Lipinski definition) is 5. The number of carbonyl (C=O) groups is 1. The van der Waals surface area contributed by atoms with Crippen molar-refractivity contribution in [3.63, 3.8) is 0 Å². The molecule has 1 N–H and O–H groups in total. The normalized spacial score (nSPS) is 16.8. The summed E-state index contributed by atoms with van der Waals surface area (Å²) in [6.45, 7) is 7.72. The zero-order valence-corrected chi connectivity index (χ0v) is 12.2. The Labute approximate surface area is 118 Å². The van der Waals surface area contributed by atoms with Crippen LogP contribution >= 0.6 is 0 Å². The van der Waals surface area contributed by atoms with Gasteiger partial charge in [0.25, 0.3) is 11.5 Å². The van der Waals surface area contributed by atoms with Crippen LogP contribution in [0.4, 0.5) is 0 Å². The first-order valence-electron chi connectivity index (χ1n) is 7.26. The molecule has 1 aliphatic heterocycles. The van der Waals surface area contributed by atoms with Gasteiger partial charge in [0.05, 0.1) is 6.54 Å². The van der Waals surface area contributed by atoms with Gasteiger partial charge in [-0.25, -0.2) is 0 Å². The van der Waals surface area contributed by atoms with Crippen molar-refractivity contribution in [2.24, 2.45) is 5.92 Å². The van der Waals surface area contributed by atoms with Gasteiger partial charge >= 0.3 is 0 Å². The largest absolute Gasteiger partial charge is 0.373 e. The van der Waals surface area contributed by atoms with Gasteiger partial charge in [-0.1, -0.05) is 6.92 Å². The van der Waals surface area contributed by atoms with Crippen LogP contribution < -0.4 is 10.9 Å². The SMILES string of the molecule is CCN(CC(=O)n1oc(C)cc1=O)CC1CCNCC1. The van der Waals surface area contributed by atoms with E-state index >= 15 is 0 Å². The summed E-state index contributed by atoms with van der Waals surface area (Å²) >= 11 is 0. The quantitative estimate of drug-likeness (QED) is 0.861. The number of nitrogens with one attached hydrogen (secondary N) is 1. The van der Waals surface area contributed by atoms with Crippen molar-refractivity contribution >= 4 is 5.91 Å². The molecule has 0 atom stereocenters. The lowest BCUT2D eigenvalue weighted by molar-refractivity contribution is 0.0702. The second kappa shape index (κ2) is 6.85. The average molecular weight is 281 g/mol. The third kappa shape index (κ3) is 3.80. The predicted octanol–water partition coefficient (Wildman–Crippen LogP) is 0.711. The van der Waals surface area contributed by atoms with E-state index in [1.54, 1.807) is 6.92 Å². The molecule has 0 aromatic carbocycles. The highest BCUT2D eigenvalue weighted by atomic mass is 16.5. The Morgan fingerprint density at radius 2 is 2.20 bits per heavy atom. The lowest BCUT2D eigenvalue weighted by Gasteiger charge is -2.28. The third-order valence-corrected chi connectivity index (χ3v) is 3.77. The number of carbonyl (C=O) groups excluding carboxylic acids is 1. The van der Waals surface area contributed by atoms with Crippen LogP contribution in [0.1, 0.15) is 30.3 Å². The van der Waals surface area contributed by atoms with Crippen LogP contribution in [-0.4, -0.2) is 48.3 Å². The van der Waals surface area contributed by atoms with E-state index in [9.17, 15) is 9.59 Å². The van der Waals surface area contributed by atoms with Gasteiger partial charge < -0.3 is 9.84 Å². The van der Waals surface area contributed by atoms with Crippen LogP contribution in [0.15, 0.2) is 15.4 Å². The first-order chi connectivity index (χ1) is 9.60. The molecular weight excluding hydrogens is 258 g/mol. The minimum Gasteiger partial charge on any atom is -0.373 e. The molecule has 0 radical (unpaired) electrons. The summed E-state index contributed by atoms with van der Waals surface area (Å²) in [5.41, 5.74) is -0.384. The zero-order valence-electron chi connectivity index (χ0n) is 12.2. The number of aryl methyl sites for hydroxylation is 1. The summed E-state index contributed by atoms with van der Waals surface area (Å²) in [6.07, 6.45) is 2.29. The summed E-state index contributed by atoms with van der Waals surface area (Å²) in [5.74, 6) is 0.794. The smallest absolute Gasteiger partial charge is 0.290 e. The molecular formula is C14H23N3O3. The van der Waals surface area contributed by atoms with Crippen LogP contribution in [0.25, 0.3) is 0 Å². The third-order valence-electron chi connectivity index (χ3n) is 3.77. The molecule has 1 fully saturated rings. The first kappa shape index (κ1) is 15.0. The van der Waals surface area contributed by atoms with Gasteiger partial charge in [0, 0.05) is 12.6 Å². The fraction of sp³-hybridized carbons (Fsp3) is 0.714. The maximum atomic E-state index is 12.1. The van der Waals surface area contributed by atoms with Crippen molar-refractivity contribution in [1.82, 2.24) is 15.0 Å². The molecule has 0 unspecified atom stereocenters. The van der Waals surface area contributed by atoms with Gasteiger partial charge in [-0.2, -0.15) is 0 Å². The van der Waals surface area contributed by atoms with E-state index < -0.39 is 0 Å². The number of rotatable bonds is 5. The van der Waals surface area contributed by atoms with Crippen molar-refractivity contribution in [1.29, 1.82) is 0 Å². The fourth-order valence-corrected chi connectivity index (χ4v) is 2.61. The highest BCUT2D eigenvalue weighted by molar-refractivity contribution is 5.79. The standard InChI is InChI=1S/C14H23N3O3/c1-3-16(9-12-4-6-15-7-5-12)10-14(19)17-13(18)8-11(2)20-17/h8,12,15H,3-7,9-10H2,1-2H3. The summed E-state index contributed by atoms with van der Waals surface area (Å²) in [6, 6.07) is 1.33. The molecule has 6 nitrogen and oxygen atoms in total. The molecule has 2 heterocycles. The molecule has 1 aromatic rings. The van der Waals surface area contributed by atoms with Crippen molar-refractivity contribution in [2.45, 2.75) is 26.7 Å². The van der Waals surface area contributed by atoms with Gasteiger partial charge in [0.2, 0.25) is 0 Å². The Kier molecular flexibility index (Phi) is 5.14. The topological polar surface area (TPSA) is 67.5 Å². The number of nitrogens with zero attached hydrogens (tertiary/aromatic N) is 2. The first-order valence-corrected chi connectivity index (χ1v) is 7.26. The summed E-state index contributed by atoms with van der Waals surface area (Å²) in [4.78, 5) is 25.8. The van der Waals surface area contributed by atoms with Crippen molar-refractivity contribution < 1.29 is 9.32 Å². The predicted molar refractivity (Wildman–Crippen MR) is 76.0 cm³/mol. The molecule has 20 heavy (non-hydrogen) atoms. The van der Waals surface area contributed by atoms with Crippen LogP contribution in [0.2, 0.25) is 0 Å². The number of likely N-dealkylation sites (N-methyl/N-ethyl adjacent to an activating group) is 1. The minimum atomic E-state index is -0.384. The Morgan fingerprint density at radius 3 is 2.75 bits per heavy atom. The van der Waals surface area contributed by atoms with Gasteiger partial charge in [-0.3, -0.25) is 14.5 Å². The number of piperidine rings is 1. The molecule has 2 rings (SSSR count). The number of hydrogen-bond donors (Lipinski definition) is 1. The van der Waals surface area contributed by atoms with Gasteiger partial charge in [-0.05, 0) is 45.3 Å². The molecule has 1 aromatic heterocycles. The summed E-state index contributed by atoms with van der Waals surface area (Å²) in [7, 11) is 0. The second-order valence-corrected chi connectivity index (χ2v) is 5.39. The highest BCUT2D eigenvalue weighted by Crippen LogP contribution is 2.13. The van der Waals surface area contributed by atoms with Crippen LogP contribution in [0, 0.1) is 12.8 Å². The summed E-state index contributed by atoms with van der Waals surface area (Å²) in [5, 5.41) is 3.34. The van der Waals surface area contributed by atoms with Gasteiger partial charge in [-0.15, -0.1) is 4.74 Å². The monoisotopic (exact) mass is 281 g/mol. The van der Waals surface area contributed by atoms with Crippen molar-refractivity contribution in [3.8, 4) is 0 Å². The van der Waals surface area contributed by atoms with Crippen LogP contribution in [0.5, 0.6) is 0 Å². The molecule has 0 spiro atoms. The van der Waals surface area contributed by atoms with E-state index in [4.69, 9.17) is 4.52 Å². The Hall–Kier alpha value is -1.40. The lowest BCUT2D eigenvalue weighted by Crippen LogP contribution is -2.40. The Bertz CT molecular complexity index is 500. The number of aromatic nitrogens is 1. The van der Waals surface area contributed by atoms with E-state index in [-0.39, 0.29) is 18.0 Å². The molecule has 1 saturated heterocycles. The molecule has 0 amide bonds. The summed E-state index contributed by atoms with van der Waals surface area (Å²) < 4.78 is 5.99. The van der Waals surface area contributed by atoms with Crippen molar-refractivity contribution in [3.05, 3.63) is 22.2 Å². The van der Waals surface area contributed by atoms with E-state index in [0.717, 1.165) is 43.8 Å². The Balaban J connectivity index is 1.93. The fourth-order valence-electron chi connectivity index (χ4n) is 2.61. The maximum absolute atomic E-state index is 12.1. The van der Waals surface area contributed by atoms with Crippen LogP contribution in [-0.2, 0) is 0 Å². The lowest BCUT2D eigenvalue weighted by atomic mass is 9.97. The van der Waals surface area contributed by atoms with E-state index in [1.165, 1.54) is 6.07 Å². The Morgan fingerprint density at radius 1 is 1.50 bits per heavy atom. The van der Waals surface area contributed by atoms with E-state index in [1.807, 2.05) is 6.92 Å². The molecule has 0 bridgehead atoms. The highest BCUT2D eigenvalue weighted by Gasteiger charge is 2.20. The molecule has 0 saturated carbocycles. The van der Waals surface area contributed by atoms with E-state index in [0.29, 0.717) is 11.7 Å². The minimum absolute atomic E-state index is 0.229. The molecule has 112 valence electrons. The van der Waals surface area contributed by atoms with E-state index in [2.05, 4.69) is 10.2 Å². The van der Waals surface area contributed by atoms with Gasteiger partial charge in [0.15, 0.2) is 0 Å². The van der Waals surface area contributed by atoms with Gasteiger partial charge in [0.1, 0.15) is 5.76 Å². The molecule has 0 aliphatic carbocycles. The molecule has 6 heteroatoms. The van der Waals surface area contributed by atoms with Crippen molar-refractivity contribution in [2.75, 3.05) is 32.7 Å². The maximum Gasteiger partial charge on any atom is 0.290 e. The average Bonchev–Trinajstić information content (AvgIpc) is 2.78. The molecule has 1 aliphatic rings. The second-order valence-electron chi connectivity index (χ2n) is 5.39. The van der Waals surface area contributed by atoms with Crippen LogP contribution in [0.3, 0.4) is 0 Å². The zero-order chi connectivity index (χ0) is 14.5.